The number of hydrogen-bond acceptors (Lipinski definition) is 4. The Kier molecular flexibility index (Phi) is 5.94. The standard InChI is InChI=1S/C30H29N5O3/c1-19(33(2)29(37)27-14-21-10-6-7-11-25(21)32-27)28(36)34-17-24-15-23(34)18-35(24)30(38)26-13-12-22(16-31-26)20-8-4-3-5-9-20/h3-14,16,19,23-24,32H,15,17-18H2,1-2H3/t19-,23-,24-/m0/s1. The van der Waals surface area contributed by atoms with Gasteiger partial charge in [-0.3, -0.25) is 19.4 Å². The van der Waals surface area contributed by atoms with Crippen molar-refractivity contribution in [2.45, 2.75) is 31.5 Å². The van der Waals surface area contributed by atoms with Crippen LogP contribution in [0.4, 0.5) is 0 Å². The minimum absolute atomic E-state index is 0.0473. The van der Waals surface area contributed by atoms with Gasteiger partial charge in [-0.25, -0.2) is 0 Å². The highest BCUT2D eigenvalue weighted by molar-refractivity contribution is 6.00. The van der Waals surface area contributed by atoms with Crippen LogP contribution < -0.4 is 0 Å². The van der Waals surface area contributed by atoms with Gasteiger partial charge < -0.3 is 19.7 Å². The summed E-state index contributed by atoms with van der Waals surface area (Å²) in [6.45, 7) is 2.70. The van der Waals surface area contributed by atoms with Crippen LogP contribution in [0.25, 0.3) is 22.0 Å². The number of piperazine rings is 1. The molecule has 0 unspecified atom stereocenters. The zero-order valence-electron chi connectivity index (χ0n) is 21.4. The molecule has 2 fully saturated rings. The van der Waals surface area contributed by atoms with E-state index in [1.165, 1.54) is 4.90 Å². The van der Waals surface area contributed by atoms with Crippen molar-refractivity contribution in [2.24, 2.45) is 0 Å². The molecule has 2 bridgehead atoms. The van der Waals surface area contributed by atoms with E-state index >= 15 is 0 Å². The molecule has 6 rings (SSSR count). The molecule has 2 saturated heterocycles. The lowest BCUT2D eigenvalue weighted by Crippen LogP contribution is -2.55. The lowest BCUT2D eigenvalue weighted by Gasteiger charge is -2.37. The molecule has 3 atom stereocenters. The maximum absolute atomic E-state index is 13.4. The Balaban J connectivity index is 1.09. The molecule has 2 aliphatic heterocycles. The molecule has 4 aromatic rings. The monoisotopic (exact) mass is 507 g/mol. The number of likely N-dealkylation sites (N-methyl/N-ethyl adjacent to an activating group) is 1. The summed E-state index contributed by atoms with van der Waals surface area (Å²) < 4.78 is 0. The van der Waals surface area contributed by atoms with Crippen molar-refractivity contribution in [1.29, 1.82) is 0 Å². The molecule has 3 amide bonds. The van der Waals surface area contributed by atoms with E-state index in [1.54, 1.807) is 26.2 Å². The van der Waals surface area contributed by atoms with Crippen LogP contribution in [-0.2, 0) is 4.79 Å². The van der Waals surface area contributed by atoms with Gasteiger partial charge in [-0.2, -0.15) is 0 Å². The van der Waals surface area contributed by atoms with Crippen molar-refractivity contribution in [3.8, 4) is 11.1 Å². The van der Waals surface area contributed by atoms with Gasteiger partial charge in [0.15, 0.2) is 0 Å². The van der Waals surface area contributed by atoms with E-state index in [2.05, 4.69) is 9.97 Å². The SMILES string of the molecule is C[C@@H](C(=O)N1C[C@@H]2C[C@H]1CN2C(=O)c1ccc(-c2ccccc2)cn1)N(C)C(=O)c1cc2ccccc2[nH]1. The fourth-order valence-electron chi connectivity index (χ4n) is 5.61. The Morgan fingerprint density at radius 1 is 0.921 bits per heavy atom. The average molecular weight is 508 g/mol. The highest BCUT2D eigenvalue weighted by atomic mass is 16.2. The van der Waals surface area contributed by atoms with Gasteiger partial charge in [-0.1, -0.05) is 54.6 Å². The fraction of sp³-hybridized carbons (Fsp3) is 0.267. The summed E-state index contributed by atoms with van der Waals surface area (Å²) in [5.74, 6) is -0.432. The van der Waals surface area contributed by atoms with Crippen molar-refractivity contribution in [3.05, 3.63) is 90.4 Å². The highest BCUT2D eigenvalue weighted by Crippen LogP contribution is 2.33. The molecule has 8 heteroatoms. The summed E-state index contributed by atoms with van der Waals surface area (Å²) >= 11 is 0. The van der Waals surface area contributed by atoms with Gasteiger partial charge in [0.25, 0.3) is 11.8 Å². The molecule has 0 saturated carbocycles. The second-order valence-electron chi connectivity index (χ2n) is 10.2. The number of pyridine rings is 1. The number of nitrogens with zero attached hydrogens (tertiary/aromatic N) is 4. The zero-order valence-corrected chi connectivity index (χ0v) is 21.4. The molecule has 2 aromatic carbocycles. The number of likely N-dealkylation sites (tertiary alicyclic amines) is 2. The fourth-order valence-corrected chi connectivity index (χ4v) is 5.61. The second-order valence-corrected chi connectivity index (χ2v) is 10.2. The molecule has 8 nitrogen and oxygen atoms in total. The molecule has 0 aliphatic carbocycles. The first-order valence-electron chi connectivity index (χ1n) is 12.9. The number of aromatic nitrogens is 2. The Morgan fingerprint density at radius 2 is 1.63 bits per heavy atom. The van der Waals surface area contributed by atoms with Crippen molar-refractivity contribution < 1.29 is 14.4 Å². The predicted octanol–water partition coefficient (Wildman–Crippen LogP) is 3.82. The third kappa shape index (κ3) is 4.12. The number of para-hydroxylation sites is 1. The number of carbonyl (C=O) groups is 3. The molecular formula is C30H29N5O3. The maximum Gasteiger partial charge on any atom is 0.272 e. The van der Waals surface area contributed by atoms with Crippen LogP contribution >= 0.6 is 0 Å². The van der Waals surface area contributed by atoms with Crippen molar-refractivity contribution in [3.63, 3.8) is 0 Å². The second kappa shape index (κ2) is 9.45. The smallest absolute Gasteiger partial charge is 0.272 e. The van der Waals surface area contributed by atoms with Crippen molar-refractivity contribution in [1.82, 2.24) is 24.7 Å². The van der Waals surface area contributed by atoms with E-state index in [1.807, 2.05) is 76.5 Å². The van der Waals surface area contributed by atoms with Crippen LogP contribution in [0.5, 0.6) is 0 Å². The van der Waals surface area contributed by atoms with E-state index < -0.39 is 6.04 Å². The number of aromatic amines is 1. The van der Waals surface area contributed by atoms with Gasteiger partial charge >= 0.3 is 0 Å². The molecule has 0 spiro atoms. The van der Waals surface area contributed by atoms with E-state index in [-0.39, 0.29) is 29.8 Å². The minimum atomic E-state index is -0.621. The lowest BCUT2D eigenvalue weighted by molar-refractivity contribution is -0.137. The van der Waals surface area contributed by atoms with Crippen LogP contribution in [-0.4, -0.2) is 80.7 Å². The molecule has 0 radical (unpaired) electrons. The molecule has 1 N–H and O–H groups in total. The Hall–Kier alpha value is -4.46. The van der Waals surface area contributed by atoms with Gasteiger partial charge in [0.2, 0.25) is 5.91 Å². The number of rotatable bonds is 5. The highest BCUT2D eigenvalue weighted by Gasteiger charge is 2.48. The first kappa shape index (κ1) is 23.9. The third-order valence-corrected chi connectivity index (χ3v) is 7.89. The summed E-state index contributed by atoms with van der Waals surface area (Å²) in [6.07, 6.45) is 2.47. The Bertz CT molecular complexity index is 1480. The van der Waals surface area contributed by atoms with Gasteiger partial charge in [0, 0.05) is 42.8 Å². The van der Waals surface area contributed by atoms with Crippen LogP contribution in [0.3, 0.4) is 0 Å². The van der Waals surface area contributed by atoms with Gasteiger partial charge in [0.1, 0.15) is 17.4 Å². The molecule has 2 aliphatic rings. The van der Waals surface area contributed by atoms with Gasteiger partial charge in [0.05, 0.1) is 12.1 Å². The van der Waals surface area contributed by atoms with Crippen LogP contribution in [0, 0.1) is 0 Å². The maximum atomic E-state index is 13.4. The van der Waals surface area contributed by atoms with E-state index in [0.29, 0.717) is 24.5 Å². The number of benzene rings is 2. The quantitative estimate of drug-likeness (QED) is 0.445. The summed E-state index contributed by atoms with van der Waals surface area (Å²) in [5, 5.41) is 0.953. The van der Waals surface area contributed by atoms with Gasteiger partial charge in [-0.05, 0) is 37.1 Å². The number of hydrogen-bond donors (Lipinski definition) is 1. The Morgan fingerprint density at radius 3 is 2.32 bits per heavy atom. The minimum Gasteiger partial charge on any atom is -0.351 e. The van der Waals surface area contributed by atoms with Crippen LogP contribution in [0.15, 0.2) is 79.0 Å². The molecule has 38 heavy (non-hydrogen) atoms. The predicted molar refractivity (Wildman–Crippen MR) is 144 cm³/mol. The first-order valence-corrected chi connectivity index (χ1v) is 12.9. The first-order chi connectivity index (χ1) is 18.4. The number of nitrogens with one attached hydrogen (secondary N) is 1. The van der Waals surface area contributed by atoms with E-state index in [0.717, 1.165) is 28.5 Å². The summed E-state index contributed by atoms with van der Waals surface area (Å²) in [5.41, 5.74) is 3.76. The summed E-state index contributed by atoms with van der Waals surface area (Å²) in [7, 11) is 1.66. The third-order valence-electron chi connectivity index (χ3n) is 7.89. The average Bonchev–Trinajstić information content (AvgIpc) is 3.70. The number of H-pyrrole nitrogens is 1. The zero-order chi connectivity index (χ0) is 26.4. The number of amides is 3. The number of carbonyl (C=O) groups excluding carboxylic acids is 3. The normalized spacial score (nSPS) is 19.1. The molecule has 192 valence electrons. The van der Waals surface area contributed by atoms with Gasteiger partial charge in [-0.15, -0.1) is 0 Å². The largest absolute Gasteiger partial charge is 0.351 e. The lowest BCUT2D eigenvalue weighted by atomic mass is 10.1. The van der Waals surface area contributed by atoms with Crippen molar-refractivity contribution in [2.75, 3.05) is 20.1 Å². The summed E-state index contributed by atoms with van der Waals surface area (Å²) in [4.78, 5) is 52.5. The van der Waals surface area contributed by atoms with E-state index in [9.17, 15) is 14.4 Å². The molecular weight excluding hydrogens is 478 g/mol. The van der Waals surface area contributed by atoms with Crippen LogP contribution in [0.1, 0.15) is 34.3 Å². The number of fused-ring (bicyclic) bond motifs is 3. The van der Waals surface area contributed by atoms with E-state index in [4.69, 9.17) is 0 Å². The molecule has 4 heterocycles. The Labute approximate surface area is 220 Å². The topological polar surface area (TPSA) is 89.6 Å². The molecule has 2 aromatic heterocycles. The van der Waals surface area contributed by atoms with Crippen LogP contribution in [0.2, 0.25) is 0 Å². The van der Waals surface area contributed by atoms with Crippen molar-refractivity contribution >= 4 is 28.6 Å². The summed E-state index contributed by atoms with van der Waals surface area (Å²) in [6, 6.07) is 22.4.